The summed E-state index contributed by atoms with van der Waals surface area (Å²) in [6.45, 7) is 8.67. The summed E-state index contributed by atoms with van der Waals surface area (Å²) in [5.41, 5.74) is 3.57. The molecule has 0 radical (unpaired) electrons. The number of aryl methyl sites for hydroxylation is 2. The van der Waals surface area contributed by atoms with Crippen LogP contribution in [0.5, 0.6) is 5.75 Å². The number of imidazole rings is 1. The van der Waals surface area contributed by atoms with Crippen LogP contribution in [-0.4, -0.2) is 28.6 Å². The minimum Gasteiger partial charge on any atom is -0.494 e. The summed E-state index contributed by atoms with van der Waals surface area (Å²) in [5.74, 6) is 2.07. The molecule has 4 aromatic rings. The number of benzene rings is 2. The molecule has 0 saturated heterocycles. The molecule has 1 amide bonds. The smallest absolute Gasteiger partial charge is 0.286 e. The van der Waals surface area contributed by atoms with Gasteiger partial charge in [0.2, 0.25) is 0 Å². The summed E-state index contributed by atoms with van der Waals surface area (Å²) in [7, 11) is 0. The van der Waals surface area contributed by atoms with Crippen LogP contribution in [0.25, 0.3) is 11.0 Å². The Bertz CT molecular complexity index is 1200. The van der Waals surface area contributed by atoms with Crippen molar-refractivity contribution in [2.45, 2.75) is 52.0 Å². The molecule has 2 heterocycles. The summed E-state index contributed by atoms with van der Waals surface area (Å²) in [6.07, 6.45) is 3.96. The number of nitrogens with one attached hydrogen (secondary N) is 1. The predicted molar refractivity (Wildman–Crippen MR) is 134 cm³/mol. The lowest BCUT2D eigenvalue weighted by Gasteiger charge is -2.19. The molecule has 6 nitrogen and oxygen atoms in total. The molecule has 0 fully saturated rings. The lowest BCUT2D eigenvalue weighted by Crippen LogP contribution is -2.24. The average molecular weight is 460 g/mol. The van der Waals surface area contributed by atoms with Gasteiger partial charge in [-0.05, 0) is 60.2 Å². The van der Waals surface area contributed by atoms with E-state index in [0.717, 1.165) is 48.4 Å². The Balaban J connectivity index is 1.31. The zero-order valence-electron chi connectivity index (χ0n) is 20.2. The normalized spacial score (nSPS) is 11.6. The van der Waals surface area contributed by atoms with E-state index >= 15 is 0 Å². The topological polar surface area (TPSA) is 69.3 Å². The van der Waals surface area contributed by atoms with Crippen LogP contribution in [0.4, 0.5) is 0 Å². The second kappa shape index (κ2) is 10.6. The van der Waals surface area contributed by atoms with Crippen molar-refractivity contribution in [1.82, 2.24) is 14.9 Å². The lowest BCUT2D eigenvalue weighted by molar-refractivity contribution is 0.0925. The molecular weight excluding hydrogens is 426 g/mol. The molecule has 0 bridgehead atoms. The largest absolute Gasteiger partial charge is 0.494 e. The number of rotatable bonds is 10. The minimum atomic E-state index is -0.189. The van der Waals surface area contributed by atoms with Crippen LogP contribution in [0, 0.1) is 0 Å². The fourth-order valence-electron chi connectivity index (χ4n) is 3.97. The maximum absolute atomic E-state index is 12.0. The maximum atomic E-state index is 12.0. The van der Waals surface area contributed by atoms with Crippen LogP contribution < -0.4 is 10.1 Å². The van der Waals surface area contributed by atoms with Crippen molar-refractivity contribution in [3.8, 4) is 5.75 Å². The number of nitrogens with zero attached hydrogens (tertiary/aromatic N) is 2. The number of hydrogen-bond donors (Lipinski definition) is 1. The van der Waals surface area contributed by atoms with Crippen LogP contribution in [-0.2, 0) is 18.4 Å². The summed E-state index contributed by atoms with van der Waals surface area (Å²) in [5, 5.41) is 2.90. The van der Waals surface area contributed by atoms with Crippen LogP contribution >= 0.6 is 0 Å². The number of fused-ring (bicyclic) bond motifs is 1. The van der Waals surface area contributed by atoms with Crippen molar-refractivity contribution >= 4 is 16.9 Å². The Morgan fingerprint density at radius 3 is 2.56 bits per heavy atom. The van der Waals surface area contributed by atoms with E-state index in [2.05, 4.69) is 61.0 Å². The van der Waals surface area contributed by atoms with Crippen LogP contribution in [0.3, 0.4) is 0 Å². The second-order valence-corrected chi connectivity index (χ2v) is 9.48. The highest BCUT2D eigenvalue weighted by Gasteiger charge is 2.14. The third kappa shape index (κ3) is 5.87. The van der Waals surface area contributed by atoms with E-state index in [0.29, 0.717) is 18.9 Å². The highest BCUT2D eigenvalue weighted by atomic mass is 16.5. The average Bonchev–Trinajstić information content (AvgIpc) is 3.48. The highest BCUT2D eigenvalue weighted by molar-refractivity contribution is 5.91. The van der Waals surface area contributed by atoms with Gasteiger partial charge in [0.25, 0.3) is 5.91 Å². The van der Waals surface area contributed by atoms with E-state index in [-0.39, 0.29) is 11.3 Å². The summed E-state index contributed by atoms with van der Waals surface area (Å²) >= 11 is 0. The molecule has 0 atom stereocenters. The zero-order valence-corrected chi connectivity index (χ0v) is 20.2. The van der Waals surface area contributed by atoms with E-state index in [1.807, 2.05) is 18.2 Å². The van der Waals surface area contributed by atoms with Gasteiger partial charge in [-0.15, -0.1) is 0 Å². The quantitative estimate of drug-likeness (QED) is 0.306. The van der Waals surface area contributed by atoms with Crippen LogP contribution in [0.1, 0.15) is 55.6 Å². The fourth-order valence-corrected chi connectivity index (χ4v) is 3.97. The van der Waals surface area contributed by atoms with Gasteiger partial charge in [-0.3, -0.25) is 4.79 Å². The van der Waals surface area contributed by atoms with Gasteiger partial charge >= 0.3 is 0 Å². The Kier molecular flexibility index (Phi) is 7.36. The van der Waals surface area contributed by atoms with E-state index in [4.69, 9.17) is 14.1 Å². The number of hydrogen-bond acceptors (Lipinski definition) is 4. The highest BCUT2D eigenvalue weighted by Crippen LogP contribution is 2.24. The fraction of sp³-hybridized carbons (Fsp3) is 0.357. The Morgan fingerprint density at radius 1 is 1.03 bits per heavy atom. The zero-order chi connectivity index (χ0) is 24.0. The van der Waals surface area contributed by atoms with Gasteiger partial charge in [-0.1, -0.05) is 45.0 Å². The van der Waals surface area contributed by atoms with Gasteiger partial charge in [0.1, 0.15) is 11.6 Å². The Labute approximate surface area is 200 Å². The number of para-hydroxylation sites is 2. The van der Waals surface area contributed by atoms with Crippen LogP contribution in [0.15, 0.2) is 71.3 Å². The molecule has 6 heteroatoms. The summed E-state index contributed by atoms with van der Waals surface area (Å²) in [4.78, 5) is 16.9. The first kappa shape index (κ1) is 23.6. The van der Waals surface area contributed by atoms with Gasteiger partial charge in [0.15, 0.2) is 5.76 Å². The SMILES string of the molecule is CC(C)(C)c1ccc(OCCCn2c(CCCNC(=O)c3ccco3)nc3ccccc32)cc1. The van der Waals surface area contributed by atoms with Crippen molar-refractivity contribution in [3.63, 3.8) is 0 Å². The number of amides is 1. The molecule has 0 saturated carbocycles. The second-order valence-electron chi connectivity index (χ2n) is 9.48. The molecule has 0 aliphatic rings. The van der Waals surface area contributed by atoms with E-state index in [9.17, 15) is 4.79 Å². The Hall–Kier alpha value is -3.54. The van der Waals surface area contributed by atoms with E-state index in [1.54, 1.807) is 12.1 Å². The number of carbonyl (C=O) groups excluding carboxylic acids is 1. The number of aromatic nitrogens is 2. The molecule has 0 unspecified atom stereocenters. The molecular formula is C28H33N3O3. The van der Waals surface area contributed by atoms with Crippen molar-refractivity contribution in [1.29, 1.82) is 0 Å². The number of carbonyl (C=O) groups is 1. The minimum absolute atomic E-state index is 0.138. The molecule has 1 N–H and O–H groups in total. The summed E-state index contributed by atoms with van der Waals surface area (Å²) < 4.78 is 13.4. The van der Waals surface area contributed by atoms with Gasteiger partial charge in [-0.25, -0.2) is 4.98 Å². The van der Waals surface area contributed by atoms with Crippen LogP contribution in [0.2, 0.25) is 0 Å². The third-order valence-corrected chi connectivity index (χ3v) is 5.86. The van der Waals surface area contributed by atoms with E-state index < -0.39 is 0 Å². The van der Waals surface area contributed by atoms with Gasteiger partial charge in [-0.2, -0.15) is 0 Å². The predicted octanol–water partition coefficient (Wildman–Crippen LogP) is 5.76. The molecule has 0 spiro atoms. The van der Waals surface area contributed by atoms with Gasteiger partial charge in [0, 0.05) is 19.5 Å². The standard InChI is InChI=1S/C28H33N3O3/c1-28(2,3)21-13-15-22(16-14-21)33-20-8-18-31-24-10-5-4-9-23(24)30-26(31)12-6-17-29-27(32)25-11-7-19-34-25/h4-5,7,9-11,13-16,19H,6,8,12,17-18,20H2,1-3H3,(H,29,32). The Morgan fingerprint density at radius 2 is 1.82 bits per heavy atom. The molecule has 34 heavy (non-hydrogen) atoms. The van der Waals surface area contributed by atoms with Crippen molar-refractivity contribution < 1.29 is 13.9 Å². The summed E-state index contributed by atoms with van der Waals surface area (Å²) in [6, 6.07) is 20.0. The number of furan rings is 1. The van der Waals surface area contributed by atoms with Crippen molar-refractivity contribution in [2.75, 3.05) is 13.2 Å². The molecule has 2 aromatic carbocycles. The lowest BCUT2D eigenvalue weighted by atomic mass is 9.87. The van der Waals surface area contributed by atoms with Gasteiger partial charge < -0.3 is 19.0 Å². The molecule has 0 aliphatic heterocycles. The maximum Gasteiger partial charge on any atom is 0.286 e. The van der Waals surface area contributed by atoms with E-state index in [1.165, 1.54) is 11.8 Å². The van der Waals surface area contributed by atoms with Crippen molar-refractivity contribution in [2.24, 2.45) is 0 Å². The first-order chi connectivity index (χ1) is 16.4. The monoisotopic (exact) mass is 459 g/mol. The molecule has 4 rings (SSSR count). The number of ether oxygens (including phenoxy) is 1. The molecule has 178 valence electrons. The first-order valence-electron chi connectivity index (χ1n) is 11.9. The molecule has 2 aromatic heterocycles. The third-order valence-electron chi connectivity index (χ3n) is 5.86. The van der Waals surface area contributed by atoms with Gasteiger partial charge in [0.05, 0.1) is 23.9 Å². The first-order valence-corrected chi connectivity index (χ1v) is 11.9. The van der Waals surface area contributed by atoms with Crippen molar-refractivity contribution in [3.05, 3.63) is 84.1 Å². The molecule has 0 aliphatic carbocycles.